The van der Waals surface area contributed by atoms with Gasteiger partial charge in [-0.3, -0.25) is 14.8 Å². The number of aromatic nitrogens is 3. The van der Waals surface area contributed by atoms with E-state index in [1.807, 2.05) is 12.1 Å². The smallest absolute Gasteiger partial charge is 0.180 e. The molecule has 0 unspecified atom stereocenters. The van der Waals surface area contributed by atoms with Crippen molar-refractivity contribution in [2.45, 2.75) is 6.92 Å². The lowest BCUT2D eigenvalue weighted by atomic mass is 10.2. The Morgan fingerprint density at radius 1 is 1.06 bits per heavy atom. The molecular weight excluding hydrogens is 317 g/mol. The normalized spacial score (nSPS) is 9.31. The molecule has 0 aliphatic rings. The van der Waals surface area contributed by atoms with Crippen LogP contribution in [0.4, 0.5) is 0 Å². The maximum Gasteiger partial charge on any atom is 0.180 e. The number of hydrogen-bond acceptors (Lipinski definition) is 4. The molecule has 0 aromatic carbocycles. The van der Waals surface area contributed by atoms with Crippen LogP contribution in [0.15, 0.2) is 36.8 Å². The third-order valence-electron chi connectivity index (χ3n) is 1.94. The van der Waals surface area contributed by atoms with E-state index < -0.39 is 0 Å². The Morgan fingerprint density at radius 3 is 2.44 bits per heavy atom. The highest BCUT2D eigenvalue weighted by molar-refractivity contribution is 14.0. The molecule has 0 saturated carbocycles. The van der Waals surface area contributed by atoms with Crippen LogP contribution in [0.25, 0.3) is 11.4 Å². The van der Waals surface area contributed by atoms with E-state index in [4.69, 9.17) is 0 Å². The predicted molar refractivity (Wildman–Crippen MR) is 70.7 cm³/mol. The summed E-state index contributed by atoms with van der Waals surface area (Å²) >= 11 is 0. The van der Waals surface area contributed by atoms with Gasteiger partial charge in [0.25, 0.3) is 0 Å². The van der Waals surface area contributed by atoms with Gasteiger partial charge in [-0.25, -0.2) is 4.98 Å². The highest BCUT2D eigenvalue weighted by Gasteiger charge is 2.11. The third-order valence-corrected chi connectivity index (χ3v) is 1.94. The Hall–Kier alpha value is -1.37. The monoisotopic (exact) mass is 327 g/mol. The molecule has 0 spiro atoms. The van der Waals surface area contributed by atoms with Crippen LogP contribution >= 0.6 is 24.0 Å². The summed E-state index contributed by atoms with van der Waals surface area (Å²) in [4.78, 5) is 23.6. The molecular formula is C11H10IN3O. The molecule has 0 aliphatic heterocycles. The molecule has 0 amide bonds. The molecule has 2 rings (SSSR count). The van der Waals surface area contributed by atoms with E-state index in [9.17, 15) is 4.79 Å². The summed E-state index contributed by atoms with van der Waals surface area (Å²) in [6.45, 7) is 1.47. The van der Waals surface area contributed by atoms with Crippen LogP contribution in [0.1, 0.15) is 17.4 Å². The zero-order chi connectivity index (χ0) is 10.7. The first kappa shape index (κ1) is 12.7. The molecule has 82 valence electrons. The summed E-state index contributed by atoms with van der Waals surface area (Å²) in [6.07, 6.45) is 4.72. The lowest BCUT2D eigenvalue weighted by Crippen LogP contribution is -2.02. The molecule has 2 aromatic rings. The second kappa shape index (κ2) is 5.64. The van der Waals surface area contributed by atoms with Crippen molar-refractivity contribution in [2.75, 3.05) is 0 Å². The first-order valence-electron chi connectivity index (χ1n) is 4.52. The molecule has 2 aromatic heterocycles. The van der Waals surface area contributed by atoms with Crippen LogP contribution in [0.2, 0.25) is 0 Å². The highest BCUT2D eigenvalue weighted by Crippen LogP contribution is 2.16. The lowest BCUT2D eigenvalue weighted by Gasteiger charge is -2.02. The Kier molecular flexibility index (Phi) is 4.48. The van der Waals surface area contributed by atoms with Gasteiger partial charge in [-0.15, -0.1) is 24.0 Å². The molecule has 0 N–H and O–H groups in total. The highest BCUT2D eigenvalue weighted by atomic mass is 127. The number of pyridine rings is 1. The van der Waals surface area contributed by atoms with Gasteiger partial charge in [-0.1, -0.05) is 6.07 Å². The minimum atomic E-state index is -0.108. The fraction of sp³-hybridized carbons (Fsp3) is 0.0909. The average Bonchev–Trinajstić information content (AvgIpc) is 2.30. The van der Waals surface area contributed by atoms with Crippen molar-refractivity contribution in [1.82, 2.24) is 15.0 Å². The number of nitrogens with zero attached hydrogens (tertiary/aromatic N) is 3. The van der Waals surface area contributed by atoms with Crippen LogP contribution in [0, 0.1) is 0 Å². The van der Waals surface area contributed by atoms with Crippen LogP contribution in [-0.2, 0) is 0 Å². The molecule has 0 saturated heterocycles. The first-order chi connectivity index (χ1) is 7.29. The van der Waals surface area contributed by atoms with Gasteiger partial charge in [-0.05, 0) is 12.1 Å². The van der Waals surface area contributed by atoms with Gasteiger partial charge in [0.1, 0.15) is 11.4 Å². The van der Waals surface area contributed by atoms with E-state index in [-0.39, 0.29) is 29.8 Å². The van der Waals surface area contributed by atoms with Crippen LogP contribution in [0.5, 0.6) is 0 Å². The number of rotatable bonds is 2. The van der Waals surface area contributed by atoms with Crippen LogP contribution < -0.4 is 0 Å². The Balaban J connectivity index is 0.00000128. The van der Waals surface area contributed by atoms with E-state index in [1.54, 1.807) is 18.5 Å². The summed E-state index contributed by atoms with van der Waals surface area (Å²) in [5, 5.41) is 0. The van der Waals surface area contributed by atoms with E-state index in [0.29, 0.717) is 17.1 Å². The van der Waals surface area contributed by atoms with Crippen LogP contribution in [-0.4, -0.2) is 20.7 Å². The van der Waals surface area contributed by atoms with Gasteiger partial charge in [0.05, 0.1) is 5.69 Å². The van der Waals surface area contributed by atoms with Gasteiger partial charge in [0.15, 0.2) is 5.78 Å². The van der Waals surface area contributed by atoms with Crippen molar-refractivity contribution in [1.29, 1.82) is 0 Å². The average molecular weight is 327 g/mol. The van der Waals surface area contributed by atoms with E-state index in [0.717, 1.165) is 0 Å². The first-order valence-corrected chi connectivity index (χ1v) is 4.52. The van der Waals surface area contributed by atoms with E-state index in [2.05, 4.69) is 15.0 Å². The zero-order valence-corrected chi connectivity index (χ0v) is 11.0. The molecule has 0 aliphatic carbocycles. The van der Waals surface area contributed by atoms with Gasteiger partial charge in [-0.2, -0.15) is 0 Å². The molecule has 5 heteroatoms. The fourth-order valence-corrected chi connectivity index (χ4v) is 1.29. The van der Waals surface area contributed by atoms with Crippen molar-refractivity contribution >= 4 is 29.8 Å². The molecule has 0 atom stereocenters. The minimum absolute atomic E-state index is 0. The van der Waals surface area contributed by atoms with Gasteiger partial charge >= 0.3 is 0 Å². The maximum atomic E-state index is 11.3. The van der Waals surface area contributed by atoms with Crippen molar-refractivity contribution in [2.24, 2.45) is 0 Å². The number of Topliss-reactive ketones (excluding diaryl/α,β-unsaturated/α-hetero) is 1. The standard InChI is InChI=1S/C11H9N3O.HI/c1-8(15)10-11(14-7-6-13-10)9-4-2-3-5-12-9;/h2-7H,1H3;1H. The number of ketones is 1. The number of hydrogen-bond donors (Lipinski definition) is 0. The Bertz CT molecular complexity index is 488. The van der Waals surface area contributed by atoms with Gasteiger partial charge in [0.2, 0.25) is 0 Å². The number of carbonyl (C=O) groups is 1. The molecule has 16 heavy (non-hydrogen) atoms. The lowest BCUT2D eigenvalue weighted by molar-refractivity contribution is 0.101. The number of halogens is 1. The van der Waals surface area contributed by atoms with E-state index >= 15 is 0 Å². The second-order valence-electron chi connectivity index (χ2n) is 3.02. The number of carbonyl (C=O) groups excluding carboxylic acids is 1. The predicted octanol–water partition coefficient (Wildman–Crippen LogP) is 2.36. The van der Waals surface area contributed by atoms with Crippen molar-refractivity contribution in [3.8, 4) is 11.4 Å². The van der Waals surface area contributed by atoms with Crippen molar-refractivity contribution in [3.63, 3.8) is 0 Å². The Morgan fingerprint density at radius 2 is 1.81 bits per heavy atom. The Labute approximate surface area is 110 Å². The molecule has 0 bridgehead atoms. The molecule has 0 fully saturated rings. The minimum Gasteiger partial charge on any atom is -0.293 e. The summed E-state index contributed by atoms with van der Waals surface area (Å²) in [7, 11) is 0. The summed E-state index contributed by atoms with van der Waals surface area (Å²) in [6, 6.07) is 5.46. The summed E-state index contributed by atoms with van der Waals surface area (Å²) < 4.78 is 0. The molecule has 0 radical (unpaired) electrons. The largest absolute Gasteiger partial charge is 0.293 e. The zero-order valence-electron chi connectivity index (χ0n) is 8.62. The van der Waals surface area contributed by atoms with Crippen LogP contribution in [0.3, 0.4) is 0 Å². The maximum absolute atomic E-state index is 11.3. The third kappa shape index (κ3) is 2.60. The fourth-order valence-electron chi connectivity index (χ4n) is 1.29. The summed E-state index contributed by atoms with van der Waals surface area (Å²) in [5.41, 5.74) is 1.55. The van der Waals surface area contributed by atoms with Crippen molar-refractivity contribution < 1.29 is 4.79 Å². The molecule has 4 nitrogen and oxygen atoms in total. The molecule has 2 heterocycles. The quantitative estimate of drug-likeness (QED) is 0.628. The van der Waals surface area contributed by atoms with Gasteiger partial charge in [0, 0.05) is 25.5 Å². The SMILES string of the molecule is CC(=O)c1nccnc1-c1ccccn1.I. The summed E-state index contributed by atoms with van der Waals surface area (Å²) in [5.74, 6) is -0.108. The second-order valence-corrected chi connectivity index (χ2v) is 3.02. The topological polar surface area (TPSA) is 55.7 Å². The van der Waals surface area contributed by atoms with Gasteiger partial charge < -0.3 is 0 Å². The van der Waals surface area contributed by atoms with Crippen molar-refractivity contribution in [3.05, 3.63) is 42.5 Å². The van der Waals surface area contributed by atoms with E-state index in [1.165, 1.54) is 13.1 Å².